The molecule has 1 N–H and O–H groups in total. The lowest BCUT2D eigenvalue weighted by Gasteiger charge is -2.18. The Balaban J connectivity index is 1.89. The molecule has 0 bridgehead atoms. The molecule has 2 aromatic carbocycles. The molecule has 1 aliphatic heterocycles. The Morgan fingerprint density at radius 3 is 2.86 bits per heavy atom. The first-order valence-electron chi connectivity index (χ1n) is 7.64. The van der Waals surface area contributed by atoms with Crippen LogP contribution in [-0.4, -0.2) is 31.6 Å². The lowest BCUT2D eigenvalue weighted by molar-refractivity contribution is 0.0893. The first-order chi connectivity index (χ1) is 10.3. The molecule has 0 saturated carbocycles. The third-order valence-corrected chi connectivity index (χ3v) is 4.13. The number of hydrogen-bond donors (Lipinski definition) is 1. The average Bonchev–Trinajstić information content (AvgIpc) is 3.00. The fourth-order valence-electron chi connectivity index (χ4n) is 2.98. The van der Waals surface area contributed by atoms with E-state index in [0.717, 1.165) is 29.3 Å². The molecule has 0 radical (unpaired) electrons. The van der Waals surface area contributed by atoms with Gasteiger partial charge in [-0.3, -0.25) is 4.79 Å². The summed E-state index contributed by atoms with van der Waals surface area (Å²) in [6.45, 7) is 4.20. The second-order valence-corrected chi connectivity index (χ2v) is 5.60. The van der Waals surface area contributed by atoms with Gasteiger partial charge in [0.2, 0.25) is 0 Å². The van der Waals surface area contributed by atoms with Crippen LogP contribution >= 0.6 is 0 Å². The largest absolute Gasteiger partial charge is 0.379 e. The van der Waals surface area contributed by atoms with Crippen LogP contribution in [0.2, 0.25) is 0 Å². The second-order valence-electron chi connectivity index (χ2n) is 5.60. The smallest absolute Gasteiger partial charge is 0.170 e. The van der Waals surface area contributed by atoms with Gasteiger partial charge in [-0.15, -0.1) is 0 Å². The standard InChI is InChI=1S/C18H21NO2/c1-2-10-19-17-12-21-11-16(17)18(20)15-9-5-7-13-6-3-4-8-14(13)15/h3-9,16-17,19H,2,10-12H2,1H3. The third kappa shape index (κ3) is 2.85. The monoisotopic (exact) mass is 283 g/mol. The van der Waals surface area contributed by atoms with Crippen LogP contribution in [0.5, 0.6) is 0 Å². The molecule has 3 nitrogen and oxygen atoms in total. The molecule has 0 spiro atoms. The van der Waals surface area contributed by atoms with Gasteiger partial charge < -0.3 is 10.1 Å². The van der Waals surface area contributed by atoms with E-state index >= 15 is 0 Å². The molecule has 21 heavy (non-hydrogen) atoms. The Kier molecular flexibility index (Phi) is 4.32. The van der Waals surface area contributed by atoms with Crippen molar-refractivity contribution in [3.8, 4) is 0 Å². The zero-order valence-electron chi connectivity index (χ0n) is 12.3. The molecule has 1 aliphatic rings. The minimum atomic E-state index is -0.0812. The number of Topliss-reactive ketones (excluding diaryl/α,β-unsaturated/α-hetero) is 1. The molecule has 2 atom stereocenters. The zero-order chi connectivity index (χ0) is 14.7. The van der Waals surface area contributed by atoms with Crippen molar-refractivity contribution in [3.63, 3.8) is 0 Å². The van der Waals surface area contributed by atoms with Gasteiger partial charge in [-0.2, -0.15) is 0 Å². The molecule has 1 heterocycles. The number of rotatable bonds is 5. The van der Waals surface area contributed by atoms with Crippen LogP contribution in [0, 0.1) is 5.92 Å². The van der Waals surface area contributed by atoms with E-state index in [0.29, 0.717) is 13.2 Å². The molecule has 0 aromatic heterocycles. The van der Waals surface area contributed by atoms with Gasteiger partial charge in [0.25, 0.3) is 0 Å². The van der Waals surface area contributed by atoms with Gasteiger partial charge in [-0.1, -0.05) is 49.4 Å². The lowest BCUT2D eigenvalue weighted by atomic mass is 9.90. The molecule has 3 heteroatoms. The topological polar surface area (TPSA) is 38.3 Å². The predicted molar refractivity (Wildman–Crippen MR) is 84.7 cm³/mol. The number of carbonyl (C=O) groups is 1. The van der Waals surface area contributed by atoms with Crippen molar-refractivity contribution in [2.24, 2.45) is 5.92 Å². The maximum Gasteiger partial charge on any atom is 0.170 e. The van der Waals surface area contributed by atoms with Crippen LogP contribution in [0.25, 0.3) is 10.8 Å². The Labute approximate surface area is 125 Å². The maximum atomic E-state index is 12.9. The highest BCUT2D eigenvalue weighted by molar-refractivity contribution is 6.09. The summed E-state index contributed by atoms with van der Waals surface area (Å²) in [5, 5.41) is 5.58. The summed E-state index contributed by atoms with van der Waals surface area (Å²) < 4.78 is 5.54. The van der Waals surface area contributed by atoms with E-state index in [1.165, 1.54) is 0 Å². The summed E-state index contributed by atoms with van der Waals surface area (Å²) in [4.78, 5) is 12.9. The molecular weight excluding hydrogens is 262 g/mol. The van der Waals surface area contributed by atoms with Crippen LogP contribution in [0.3, 0.4) is 0 Å². The van der Waals surface area contributed by atoms with Crippen LogP contribution in [0.4, 0.5) is 0 Å². The van der Waals surface area contributed by atoms with E-state index in [-0.39, 0.29) is 17.7 Å². The first-order valence-corrected chi connectivity index (χ1v) is 7.64. The molecule has 1 saturated heterocycles. The first kappa shape index (κ1) is 14.2. The lowest BCUT2D eigenvalue weighted by Crippen LogP contribution is -2.39. The van der Waals surface area contributed by atoms with E-state index in [4.69, 9.17) is 4.74 Å². The van der Waals surface area contributed by atoms with Crippen LogP contribution < -0.4 is 5.32 Å². The number of nitrogens with one attached hydrogen (secondary N) is 1. The van der Waals surface area contributed by atoms with Crippen LogP contribution in [-0.2, 0) is 4.74 Å². The fraction of sp³-hybridized carbons (Fsp3) is 0.389. The molecular formula is C18H21NO2. The summed E-state index contributed by atoms with van der Waals surface area (Å²) in [5.41, 5.74) is 0.812. The van der Waals surface area contributed by atoms with Gasteiger partial charge in [-0.05, 0) is 23.7 Å². The van der Waals surface area contributed by atoms with Crippen molar-refractivity contribution in [3.05, 3.63) is 48.0 Å². The number of ether oxygens (including phenoxy) is 1. The highest BCUT2D eigenvalue weighted by Gasteiger charge is 2.34. The van der Waals surface area contributed by atoms with Crippen molar-refractivity contribution in [2.45, 2.75) is 19.4 Å². The summed E-state index contributed by atoms with van der Waals surface area (Å²) >= 11 is 0. The zero-order valence-corrected chi connectivity index (χ0v) is 12.3. The fourth-order valence-corrected chi connectivity index (χ4v) is 2.98. The van der Waals surface area contributed by atoms with Crippen LogP contribution in [0.1, 0.15) is 23.7 Å². The number of fused-ring (bicyclic) bond motifs is 1. The Morgan fingerprint density at radius 1 is 1.19 bits per heavy atom. The minimum Gasteiger partial charge on any atom is -0.379 e. The van der Waals surface area contributed by atoms with E-state index < -0.39 is 0 Å². The second kappa shape index (κ2) is 6.37. The van der Waals surface area contributed by atoms with Gasteiger partial charge in [0.15, 0.2) is 5.78 Å². The highest BCUT2D eigenvalue weighted by atomic mass is 16.5. The summed E-state index contributed by atoms with van der Waals surface area (Å²) in [7, 11) is 0. The van der Waals surface area contributed by atoms with Gasteiger partial charge in [0, 0.05) is 11.6 Å². The molecule has 1 fully saturated rings. The van der Waals surface area contributed by atoms with Crippen molar-refractivity contribution >= 4 is 16.6 Å². The Bertz CT molecular complexity index is 633. The van der Waals surface area contributed by atoms with Gasteiger partial charge in [0.05, 0.1) is 19.1 Å². The van der Waals surface area contributed by atoms with E-state index in [1.54, 1.807) is 0 Å². The summed E-state index contributed by atoms with van der Waals surface area (Å²) in [5.74, 6) is 0.111. The maximum absolute atomic E-state index is 12.9. The van der Waals surface area contributed by atoms with Crippen molar-refractivity contribution in [1.82, 2.24) is 5.32 Å². The number of ketones is 1. The summed E-state index contributed by atoms with van der Waals surface area (Å²) in [6, 6.07) is 14.1. The quantitative estimate of drug-likeness (QED) is 0.857. The Morgan fingerprint density at radius 2 is 2.00 bits per heavy atom. The van der Waals surface area contributed by atoms with E-state index in [9.17, 15) is 4.79 Å². The van der Waals surface area contributed by atoms with Crippen molar-refractivity contribution in [2.75, 3.05) is 19.8 Å². The average molecular weight is 283 g/mol. The SMILES string of the molecule is CCCNC1COCC1C(=O)c1cccc2ccccc12. The molecule has 2 aromatic rings. The Hall–Kier alpha value is -1.71. The highest BCUT2D eigenvalue weighted by Crippen LogP contribution is 2.25. The molecule has 0 aliphatic carbocycles. The van der Waals surface area contributed by atoms with Gasteiger partial charge >= 0.3 is 0 Å². The number of benzene rings is 2. The predicted octanol–water partition coefficient (Wildman–Crippen LogP) is 3.04. The van der Waals surface area contributed by atoms with Crippen LogP contribution in [0.15, 0.2) is 42.5 Å². The van der Waals surface area contributed by atoms with Gasteiger partial charge in [0.1, 0.15) is 0 Å². The minimum absolute atomic E-state index is 0.0812. The number of hydrogen-bond acceptors (Lipinski definition) is 3. The molecule has 0 amide bonds. The van der Waals surface area contributed by atoms with Crippen molar-refractivity contribution in [1.29, 1.82) is 0 Å². The third-order valence-electron chi connectivity index (χ3n) is 4.13. The summed E-state index contributed by atoms with van der Waals surface area (Å²) in [6.07, 6.45) is 1.06. The normalized spacial score (nSPS) is 21.8. The van der Waals surface area contributed by atoms with E-state index in [2.05, 4.69) is 12.2 Å². The molecule has 3 rings (SSSR count). The molecule has 110 valence electrons. The number of carbonyl (C=O) groups excluding carboxylic acids is 1. The van der Waals surface area contributed by atoms with Gasteiger partial charge in [-0.25, -0.2) is 0 Å². The molecule has 2 unspecified atom stereocenters. The van der Waals surface area contributed by atoms with Crippen molar-refractivity contribution < 1.29 is 9.53 Å². The van der Waals surface area contributed by atoms with E-state index in [1.807, 2.05) is 42.5 Å².